The minimum absolute atomic E-state index is 0.199. The van der Waals surface area contributed by atoms with Crippen LogP contribution in [0.2, 0.25) is 0 Å². The molecule has 3 nitrogen and oxygen atoms in total. The van der Waals surface area contributed by atoms with Crippen molar-refractivity contribution in [3.05, 3.63) is 0 Å². The standard InChI is InChI=1S/C9H9Cl10N3/c1-4(2)22-5(6(10,11)7(12,13)14)21(3-20-22)9(18,19)8(15,16)17/h3-5H,1-2H3. The summed E-state index contributed by atoms with van der Waals surface area (Å²) in [6.07, 6.45) is 0.0941. The zero-order chi connectivity index (χ0) is 17.7. The third-order valence-corrected chi connectivity index (χ3v) is 7.51. The second-order valence-electron chi connectivity index (χ2n) is 4.65. The SMILES string of the molecule is CC(C)N1N=CN(C(Cl)(Cl)C(Cl)(Cl)Cl)C1C(Cl)(Cl)C(Cl)(Cl)Cl. The van der Waals surface area contributed by atoms with Crippen molar-refractivity contribution in [1.82, 2.24) is 9.91 Å². The molecule has 0 aromatic rings. The summed E-state index contributed by atoms with van der Waals surface area (Å²) in [5.74, 6) is 0. The predicted molar refractivity (Wildman–Crippen MR) is 101 cm³/mol. The van der Waals surface area contributed by atoms with Gasteiger partial charge in [-0.15, -0.1) is 0 Å². The summed E-state index contributed by atoms with van der Waals surface area (Å²) < 4.78 is -8.34. The van der Waals surface area contributed by atoms with E-state index in [2.05, 4.69) is 5.10 Å². The van der Waals surface area contributed by atoms with Gasteiger partial charge in [0, 0.05) is 6.04 Å². The first-order valence-corrected chi connectivity index (χ1v) is 9.33. The first-order valence-electron chi connectivity index (χ1n) is 5.55. The lowest BCUT2D eigenvalue weighted by molar-refractivity contribution is 0.0726. The monoisotopic (exact) mass is 509 g/mol. The van der Waals surface area contributed by atoms with Crippen molar-refractivity contribution < 1.29 is 0 Å². The number of alkyl halides is 10. The Morgan fingerprint density at radius 3 is 1.64 bits per heavy atom. The first kappa shape index (κ1) is 22.2. The molecule has 1 aliphatic heterocycles. The number of hydrogen-bond donors (Lipinski definition) is 0. The van der Waals surface area contributed by atoms with Crippen LogP contribution in [-0.2, 0) is 0 Å². The first-order chi connectivity index (χ1) is 9.55. The van der Waals surface area contributed by atoms with E-state index in [0.717, 1.165) is 4.90 Å². The third kappa shape index (κ3) is 4.11. The van der Waals surface area contributed by atoms with Gasteiger partial charge in [-0.1, -0.05) is 116 Å². The Labute approximate surface area is 178 Å². The fourth-order valence-corrected chi connectivity index (χ4v) is 2.91. The van der Waals surface area contributed by atoms with Gasteiger partial charge in [0.15, 0.2) is 6.17 Å². The molecule has 0 bridgehead atoms. The van der Waals surface area contributed by atoms with Gasteiger partial charge in [-0.05, 0) is 13.8 Å². The van der Waals surface area contributed by atoms with E-state index in [1.165, 1.54) is 11.3 Å². The van der Waals surface area contributed by atoms with Crippen LogP contribution in [0.5, 0.6) is 0 Å². The Morgan fingerprint density at radius 2 is 1.32 bits per heavy atom. The van der Waals surface area contributed by atoms with Gasteiger partial charge in [0.25, 0.3) is 0 Å². The van der Waals surface area contributed by atoms with Crippen LogP contribution in [0.4, 0.5) is 0 Å². The summed E-state index contributed by atoms with van der Waals surface area (Å²) in [7, 11) is 0. The van der Waals surface area contributed by atoms with Crippen molar-refractivity contribution in [2.75, 3.05) is 0 Å². The van der Waals surface area contributed by atoms with E-state index in [9.17, 15) is 0 Å². The summed E-state index contributed by atoms with van der Waals surface area (Å²) in [4.78, 5) is 1.12. The molecule has 1 rings (SSSR count). The van der Waals surface area contributed by atoms with E-state index in [4.69, 9.17) is 116 Å². The molecular weight excluding hydrogens is 505 g/mol. The maximum atomic E-state index is 6.27. The van der Waals surface area contributed by atoms with Gasteiger partial charge in [-0.25, -0.2) is 0 Å². The molecule has 1 atom stereocenters. The van der Waals surface area contributed by atoms with Crippen LogP contribution in [0.25, 0.3) is 0 Å². The Morgan fingerprint density at radius 1 is 0.864 bits per heavy atom. The van der Waals surface area contributed by atoms with E-state index in [-0.39, 0.29) is 6.04 Å². The summed E-state index contributed by atoms with van der Waals surface area (Å²) in [6, 6.07) is -0.199. The molecule has 0 radical (unpaired) electrons. The Bertz CT molecular complexity index is 438. The summed E-state index contributed by atoms with van der Waals surface area (Å²) in [6.45, 7) is 3.60. The van der Waals surface area contributed by atoms with Gasteiger partial charge in [0.1, 0.15) is 6.34 Å². The molecule has 0 fully saturated rings. The number of nitrogens with zero attached hydrogens (tertiary/aromatic N) is 3. The van der Waals surface area contributed by atoms with E-state index < -0.39 is 22.5 Å². The van der Waals surface area contributed by atoms with Crippen LogP contribution in [0.15, 0.2) is 5.10 Å². The molecule has 13 heteroatoms. The highest BCUT2D eigenvalue weighted by Gasteiger charge is 2.64. The molecule has 130 valence electrons. The highest BCUT2D eigenvalue weighted by molar-refractivity contribution is 6.76. The summed E-state index contributed by atoms with van der Waals surface area (Å²) in [5, 5.41) is 5.53. The maximum Gasteiger partial charge on any atom is 0.241 e. The van der Waals surface area contributed by atoms with Crippen molar-refractivity contribution >= 4 is 122 Å². The molecule has 0 amide bonds. The fraction of sp³-hybridized carbons (Fsp3) is 0.889. The van der Waals surface area contributed by atoms with Gasteiger partial charge in [0.2, 0.25) is 16.4 Å². The van der Waals surface area contributed by atoms with Crippen molar-refractivity contribution in [2.45, 2.75) is 42.4 Å². The number of rotatable bonds is 3. The third-order valence-electron chi connectivity index (χ3n) is 2.72. The molecule has 0 N–H and O–H groups in total. The minimum Gasteiger partial charge on any atom is -0.301 e. The Kier molecular flexibility index (Phi) is 7.13. The number of hydrazone groups is 1. The van der Waals surface area contributed by atoms with Crippen LogP contribution in [-0.4, -0.2) is 44.8 Å². The summed E-state index contributed by atoms with van der Waals surface area (Å²) >= 11 is 60.0. The van der Waals surface area contributed by atoms with E-state index in [1.54, 1.807) is 13.8 Å². The van der Waals surface area contributed by atoms with Gasteiger partial charge in [-0.2, -0.15) is 5.10 Å². The maximum absolute atomic E-state index is 6.27. The van der Waals surface area contributed by atoms with Crippen LogP contribution >= 0.6 is 116 Å². The molecule has 0 saturated carbocycles. The van der Waals surface area contributed by atoms with Crippen LogP contribution in [0, 0.1) is 0 Å². The van der Waals surface area contributed by atoms with E-state index in [1.807, 2.05) is 0 Å². The molecule has 22 heavy (non-hydrogen) atoms. The van der Waals surface area contributed by atoms with E-state index >= 15 is 0 Å². The smallest absolute Gasteiger partial charge is 0.241 e. The lowest BCUT2D eigenvalue weighted by Crippen LogP contribution is -2.63. The number of hydrogen-bond acceptors (Lipinski definition) is 3. The molecule has 1 heterocycles. The topological polar surface area (TPSA) is 18.8 Å². The normalized spacial score (nSPS) is 21.2. The zero-order valence-corrected chi connectivity index (χ0v) is 18.4. The fourth-order valence-electron chi connectivity index (χ4n) is 1.64. The largest absolute Gasteiger partial charge is 0.301 e. The quantitative estimate of drug-likeness (QED) is 0.325. The predicted octanol–water partition coefficient (Wildman–Crippen LogP) is 6.33. The highest BCUT2D eigenvalue weighted by Crippen LogP contribution is 2.56. The molecule has 1 aliphatic rings. The second kappa shape index (κ2) is 7.06. The lowest BCUT2D eigenvalue weighted by Gasteiger charge is -2.47. The minimum atomic E-state index is -2.13. The Balaban J connectivity index is 3.38. The molecule has 0 aromatic carbocycles. The van der Waals surface area contributed by atoms with Crippen LogP contribution < -0.4 is 0 Å². The van der Waals surface area contributed by atoms with Gasteiger partial charge < -0.3 is 4.90 Å². The van der Waals surface area contributed by atoms with Crippen LogP contribution in [0.3, 0.4) is 0 Å². The van der Waals surface area contributed by atoms with E-state index in [0.29, 0.717) is 0 Å². The average molecular weight is 514 g/mol. The van der Waals surface area contributed by atoms with Gasteiger partial charge in [-0.3, -0.25) is 5.01 Å². The Hall–Kier alpha value is 2.17. The van der Waals surface area contributed by atoms with Crippen molar-refractivity contribution in [3.8, 4) is 0 Å². The molecule has 1 unspecified atom stereocenters. The van der Waals surface area contributed by atoms with Crippen molar-refractivity contribution in [2.24, 2.45) is 5.10 Å². The second-order valence-corrected chi connectivity index (χ2v) is 11.9. The molecular formula is C9H9Cl10N3. The molecule has 0 saturated heterocycles. The van der Waals surface area contributed by atoms with Crippen LogP contribution in [0.1, 0.15) is 13.8 Å². The number of halogens is 10. The lowest BCUT2D eigenvalue weighted by atomic mass is 10.2. The average Bonchev–Trinajstić information content (AvgIpc) is 2.70. The zero-order valence-electron chi connectivity index (χ0n) is 10.9. The summed E-state index contributed by atoms with van der Waals surface area (Å²) in [5.41, 5.74) is 0. The van der Waals surface area contributed by atoms with Crippen molar-refractivity contribution in [3.63, 3.8) is 0 Å². The van der Waals surface area contributed by atoms with Gasteiger partial charge in [0.05, 0.1) is 0 Å². The van der Waals surface area contributed by atoms with Gasteiger partial charge >= 0.3 is 0 Å². The highest BCUT2D eigenvalue weighted by atomic mass is 35.6. The van der Waals surface area contributed by atoms with Crippen molar-refractivity contribution in [1.29, 1.82) is 0 Å². The molecule has 0 aliphatic carbocycles. The molecule has 0 aromatic heterocycles. The molecule has 0 spiro atoms.